The van der Waals surface area contributed by atoms with Gasteiger partial charge in [-0.3, -0.25) is 19.0 Å². The lowest BCUT2D eigenvalue weighted by Gasteiger charge is -2.34. The molecule has 256 valence electrons. The first-order chi connectivity index (χ1) is 23.1. The number of ether oxygens (including phenoxy) is 2. The van der Waals surface area contributed by atoms with Gasteiger partial charge in [0, 0.05) is 32.4 Å². The lowest BCUT2D eigenvalue weighted by molar-refractivity contribution is -0.126. The Morgan fingerprint density at radius 1 is 0.735 bits per heavy atom. The monoisotopic (exact) mass is 852 g/mol. The average molecular weight is 855 g/mol. The first kappa shape index (κ1) is 35.0. The quantitative estimate of drug-likeness (QED) is 0.203. The molecule has 0 bridgehead atoms. The van der Waals surface area contributed by atoms with Gasteiger partial charge in [0.2, 0.25) is 0 Å². The second-order valence-corrected chi connectivity index (χ2v) is 16.8. The number of benzene rings is 4. The minimum Gasteiger partial charge on any atom is -0.477 e. The molecule has 6 rings (SSSR count). The van der Waals surface area contributed by atoms with Crippen LogP contribution in [0.4, 0.5) is 22.7 Å². The van der Waals surface area contributed by atoms with Crippen molar-refractivity contribution in [3.05, 3.63) is 92.3 Å². The Kier molecular flexibility index (Phi) is 9.38. The van der Waals surface area contributed by atoms with Crippen LogP contribution < -0.4 is 28.7 Å². The van der Waals surface area contributed by atoms with Gasteiger partial charge in [0.25, 0.3) is 31.9 Å². The zero-order valence-corrected chi connectivity index (χ0v) is 31.5. The van der Waals surface area contributed by atoms with Crippen molar-refractivity contribution in [1.82, 2.24) is 0 Å². The van der Waals surface area contributed by atoms with E-state index in [1.807, 2.05) is 0 Å². The number of fused-ring (bicyclic) bond motifs is 2. The fraction of sp³-hybridized carbons (Fsp3) is 0.188. The fourth-order valence-corrected chi connectivity index (χ4v) is 9.23. The van der Waals surface area contributed by atoms with Crippen molar-refractivity contribution in [2.24, 2.45) is 0 Å². The highest BCUT2D eigenvalue weighted by atomic mass is 79.9. The Morgan fingerprint density at radius 2 is 1.27 bits per heavy atom. The Morgan fingerprint density at radius 3 is 1.88 bits per heavy atom. The van der Waals surface area contributed by atoms with Gasteiger partial charge in [-0.05, 0) is 74.0 Å². The van der Waals surface area contributed by atoms with Gasteiger partial charge in [-0.2, -0.15) is 0 Å². The van der Waals surface area contributed by atoms with Gasteiger partial charge in [0.15, 0.2) is 23.7 Å². The third-order valence-corrected chi connectivity index (χ3v) is 11.8. The third kappa shape index (κ3) is 6.84. The summed E-state index contributed by atoms with van der Waals surface area (Å²) < 4.78 is 72.1. The number of carbonyl (C=O) groups is 2. The number of sulfonamides is 2. The van der Waals surface area contributed by atoms with Gasteiger partial charge in [-0.1, -0.05) is 61.7 Å². The summed E-state index contributed by atoms with van der Waals surface area (Å²) in [5.74, 6) is -0.828. The number of para-hydroxylation sites is 1. The smallest absolute Gasteiger partial charge is 0.268 e. The van der Waals surface area contributed by atoms with E-state index >= 15 is 0 Å². The third-order valence-electron chi connectivity index (χ3n) is 7.77. The molecule has 0 radical (unpaired) electrons. The van der Waals surface area contributed by atoms with E-state index < -0.39 is 38.2 Å². The van der Waals surface area contributed by atoms with Crippen LogP contribution in [0.5, 0.6) is 11.5 Å². The van der Waals surface area contributed by atoms with Crippen molar-refractivity contribution in [1.29, 1.82) is 0 Å². The molecule has 2 aliphatic heterocycles. The van der Waals surface area contributed by atoms with Crippen molar-refractivity contribution in [2.75, 3.05) is 26.3 Å². The summed E-state index contributed by atoms with van der Waals surface area (Å²) in [6.45, 7) is 2.87. The second kappa shape index (κ2) is 13.1. The molecule has 0 fully saturated rings. The number of likely N-dealkylation sites (N-methyl/N-ethyl adjacent to an activating group) is 1. The van der Waals surface area contributed by atoms with Crippen LogP contribution in [0.15, 0.2) is 91.5 Å². The molecule has 2 heterocycles. The van der Waals surface area contributed by atoms with Gasteiger partial charge in [-0.25, -0.2) is 16.8 Å². The van der Waals surface area contributed by atoms with Crippen LogP contribution >= 0.6 is 43.5 Å². The fourth-order valence-electron chi connectivity index (χ4n) is 5.40. The Hall–Kier alpha value is -3.83. The SMILES string of the molecule is CC1Oc2c(cc(Br)cc2S(=O)(=O)Nc2ccc(Cl)c(CN3C(=O)C(C)Oc4c3cc(Br)cc4S(=O)(=O)Nc3ccccc3)c2)N(C)C1=O. The van der Waals surface area contributed by atoms with Gasteiger partial charge in [-0.15, -0.1) is 0 Å². The lowest BCUT2D eigenvalue weighted by atomic mass is 10.1. The van der Waals surface area contributed by atoms with Crippen molar-refractivity contribution >= 4 is 98.1 Å². The maximum Gasteiger partial charge on any atom is 0.268 e. The number of anilines is 4. The molecule has 0 saturated carbocycles. The zero-order valence-electron chi connectivity index (χ0n) is 25.9. The van der Waals surface area contributed by atoms with Crippen molar-refractivity contribution in [3.63, 3.8) is 0 Å². The summed E-state index contributed by atoms with van der Waals surface area (Å²) in [5, 5.41) is 0.224. The predicted octanol–water partition coefficient (Wildman–Crippen LogP) is 6.52. The van der Waals surface area contributed by atoms with E-state index in [-0.39, 0.29) is 55.8 Å². The largest absolute Gasteiger partial charge is 0.477 e. The molecule has 2 unspecified atom stereocenters. The van der Waals surface area contributed by atoms with Crippen LogP contribution in [-0.2, 0) is 36.2 Å². The van der Waals surface area contributed by atoms with E-state index in [1.165, 1.54) is 61.0 Å². The maximum absolute atomic E-state index is 13.8. The van der Waals surface area contributed by atoms with Gasteiger partial charge >= 0.3 is 0 Å². The highest BCUT2D eigenvalue weighted by molar-refractivity contribution is 9.10. The van der Waals surface area contributed by atoms with Crippen LogP contribution in [0.2, 0.25) is 5.02 Å². The van der Waals surface area contributed by atoms with E-state index in [4.69, 9.17) is 21.1 Å². The van der Waals surface area contributed by atoms with Crippen LogP contribution in [0, 0.1) is 0 Å². The molecule has 4 aromatic carbocycles. The Balaban J connectivity index is 1.35. The minimum atomic E-state index is -4.29. The molecule has 0 aromatic heterocycles. The van der Waals surface area contributed by atoms with Crippen LogP contribution in [0.3, 0.4) is 0 Å². The molecule has 2 aliphatic rings. The molecule has 0 aliphatic carbocycles. The molecule has 2 N–H and O–H groups in total. The molecule has 0 spiro atoms. The number of amides is 2. The first-order valence-corrected chi connectivity index (χ1v) is 19.5. The zero-order chi connectivity index (χ0) is 35.4. The van der Waals surface area contributed by atoms with Crippen molar-refractivity contribution in [2.45, 2.75) is 42.4 Å². The van der Waals surface area contributed by atoms with E-state index in [2.05, 4.69) is 41.3 Å². The van der Waals surface area contributed by atoms with Crippen molar-refractivity contribution in [3.8, 4) is 11.5 Å². The summed E-state index contributed by atoms with van der Waals surface area (Å²) in [6, 6.07) is 18.6. The molecular formula is C32H27Br2ClN4O8S2. The average Bonchev–Trinajstić information content (AvgIpc) is 3.04. The van der Waals surface area contributed by atoms with Crippen LogP contribution in [-0.4, -0.2) is 47.9 Å². The highest BCUT2D eigenvalue weighted by Gasteiger charge is 2.38. The number of carbonyl (C=O) groups excluding carboxylic acids is 2. The number of hydrogen-bond acceptors (Lipinski definition) is 8. The molecule has 49 heavy (non-hydrogen) atoms. The molecule has 2 atom stereocenters. The van der Waals surface area contributed by atoms with Gasteiger partial charge in [0.05, 0.1) is 17.9 Å². The standard InChI is InChI=1S/C32H27Br2ClN4O8S2/c1-17-31(40)38(3)25-12-20(33)14-27(29(25)46-17)49(44,45)37-23-9-10-24(35)19(11-23)16-39-26-13-21(34)15-28(30(26)47-18(2)32(39)41)48(42,43)36-22-7-5-4-6-8-22/h4-15,17-18,36-37H,16H2,1-3H3. The normalized spacial score (nSPS) is 17.5. The number of nitrogens with zero attached hydrogens (tertiary/aromatic N) is 2. The summed E-state index contributed by atoms with van der Waals surface area (Å²) in [7, 11) is -6.94. The Bertz CT molecular complexity index is 2240. The summed E-state index contributed by atoms with van der Waals surface area (Å²) in [4.78, 5) is 28.3. The summed E-state index contributed by atoms with van der Waals surface area (Å²) in [6.07, 6.45) is -1.97. The minimum absolute atomic E-state index is 0.0158. The predicted molar refractivity (Wildman–Crippen MR) is 193 cm³/mol. The van der Waals surface area contributed by atoms with Crippen LogP contribution in [0.25, 0.3) is 0 Å². The second-order valence-electron chi connectivity index (χ2n) is 11.2. The summed E-state index contributed by atoms with van der Waals surface area (Å²) >= 11 is 13.3. The highest BCUT2D eigenvalue weighted by Crippen LogP contribution is 2.44. The number of hydrogen-bond donors (Lipinski definition) is 2. The maximum atomic E-state index is 13.8. The van der Waals surface area contributed by atoms with E-state index in [0.29, 0.717) is 20.2 Å². The number of rotatable bonds is 8. The molecule has 17 heteroatoms. The number of nitrogens with one attached hydrogen (secondary N) is 2. The first-order valence-electron chi connectivity index (χ1n) is 14.5. The molecule has 0 saturated heterocycles. The molecule has 2 amide bonds. The number of halogens is 3. The van der Waals surface area contributed by atoms with Gasteiger partial charge < -0.3 is 19.3 Å². The van der Waals surface area contributed by atoms with E-state index in [9.17, 15) is 26.4 Å². The summed E-state index contributed by atoms with van der Waals surface area (Å²) in [5.41, 5.74) is 1.26. The Labute approximate surface area is 304 Å². The van der Waals surface area contributed by atoms with E-state index in [0.717, 1.165) is 0 Å². The lowest BCUT2D eigenvalue weighted by Crippen LogP contribution is -2.44. The van der Waals surface area contributed by atoms with Gasteiger partial charge in [0.1, 0.15) is 9.79 Å². The topological polar surface area (TPSA) is 151 Å². The van der Waals surface area contributed by atoms with Crippen LogP contribution in [0.1, 0.15) is 19.4 Å². The molecule has 12 nitrogen and oxygen atoms in total. The molecule has 4 aromatic rings. The molecular weight excluding hydrogens is 828 g/mol. The van der Waals surface area contributed by atoms with E-state index in [1.54, 1.807) is 42.5 Å². The van der Waals surface area contributed by atoms with Crippen molar-refractivity contribution < 1.29 is 35.9 Å².